The van der Waals surface area contributed by atoms with Crippen LogP contribution in [0.4, 0.5) is 0 Å². The molecule has 0 spiro atoms. The van der Waals surface area contributed by atoms with E-state index in [-0.39, 0.29) is 18.6 Å². The van der Waals surface area contributed by atoms with E-state index in [9.17, 15) is 9.90 Å². The number of carbonyl (C=O) groups excluding carboxylic acids is 1. The molecule has 1 aromatic rings. The number of hydrogen-bond donors (Lipinski definition) is 3. The predicted molar refractivity (Wildman–Crippen MR) is 76.8 cm³/mol. The fourth-order valence-electron chi connectivity index (χ4n) is 2.26. The molecule has 2 rings (SSSR count). The number of benzene rings is 1. The van der Waals surface area contributed by atoms with E-state index in [0.717, 1.165) is 11.3 Å². The van der Waals surface area contributed by atoms with Crippen molar-refractivity contribution in [1.82, 2.24) is 10.6 Å². The Morgan fingerprint density at radius 2 is 2.30 bits per heavy atom. The maximum absolute atomic E-state index is 11.0. The van der Waals surface area contributed by atoms with Gasteiger partial charge in [-0.1, -0.05) is 17.7 Å². The van der Waals surface area contributed by atoms with Crippen molar-refractivity contribution in [2.45, 2.75) is 32.4 Å². The molecule has 1 heterocycles. The highest BCUT2D eigenvalue weighted by Gasteiger charge is 2.21. The van der Waals surface area contributed by atoms with Gasteiger partial charge >= 0.3 is 0 Å². The van der Waals surface area contributed by atoms with E-state index in [4.69, 9.17) is 4.74 Å². The summed E-state index contributed by atoms with van der Waals surface area (Å²) in [7, 11) is 0. The lowest BCUT2D eigenvalue weighted by Crippen LogP contribution is -2.39. The molecule has 0 aromatic heterocycles. The average Bonchev–Trinajstić information content (AvgIpc) is 2.81. The molecule has 0 radical (unpaired) electrons. The minimum absolute atomic E-state index is 0.0588. The van der Waals surface area contributed by atoms with Gasteiger partial charge in [0, 0.05) is 25.6 Å². The maximum Gasteiger partial charge on any atom is 0.221 e. The minimum Gasteiger partial charge on any atom is -0.491 e. The van der Waals surface area contributed by atoms with E-state index in [0.29, 0.717) is 19.5 Å². The number of aliphatic hydroxyl groups is 1. The summed E-state index contributed by atoms with van der Waals surface area (Å²) in [6, 6.07) is 6.07. The zero-order valence-corrected chi connectivity index (χ0v) is 12.0. The highest BCUT2D eigenvalue weighted by atomic mass is 16.5. The van der Waals surface area contributed by atoms with Gasteiger partial charge in [-0.15, -0.1) is 0 Å². The lowest BCUT2D eigenvalue weighted by Gasteiger charge is -2.16. The standard InChI is InChI=1S/C15H22N2O3/c1-10-3-4-14(11(2)5-10)20-9-13(18)8-16-12-6-15(19)17-7-12/h3-5,12-13,16,18H,6-9H2,1-2H3,(H,17,19). The molecule has 1 fully saturated rings. The Hall–Kier alpha value is -1.59. The second-order valence-electron chi connectivity index (χ2n) is 5.35. The van der Waals surface area contributed by atoms with Crippen molar-refractivity contribution in [1.29, 1.82) is 0 Å². The smallest absolute Gasteiger partial charge is 0.221 e. The largest absolute Gasteiger partial charge is 0.491 e. The van der Waals surface area contributed by atoms with E-state index in [1.807, 2.05) is 26.0 Å². The van der Waals surface area contributed by atoms with Gasteiger partial charge in [-0.05, 0) is 25.5 Å². The molecule has 1 aliphatic rings. The second-order valence-corrected chi connectivity index (χ2v) is 5.35. The first-order chi connectivity index (χ1) is 9.54. The van der Waals surface area contributed by atoms with Gasteiger partial charge in [-0.3, -0.25) is 4.79 Å². The van der Waals surface area contributed by atoms with Crippen LogP contribution in [0.15, 0.2) is 18.2 Å². The van der Waals surface area contributed by atoms with Crippen LogP contribution in [-0.2, 0) is 4.79 Å². The maximum atomic E-state index is 11.0. The molecule has 0 aliphatic carbocycles. The molecule has 5 nitrogen and oxygen atoms in total. The molecule has 1 amide bonds. The highest BCUT2D eigenvalue weighted by molar-refractivity contribution is 5.78. The first-order valence-corrected chi connectivity index (χ1v) is 6.93. The summed E-state index contributed by atoms with van der Waals surface area (Å²) in [4.78, 5) is 11.0. The average molecular weight is 278 g/mol. The molecule has 2 unspecified atom stereocenters. The van der Waals surface area contributed by atoms with Crippen LogP contribution in [0.25, 0.3) is 0 Å². The van der Waals surface area contributed by atoms with Gasteiger partial charge in [0.1, 0.15) is 18.5 Å². The van der Waals surface area contributed by atoms with E-state index in [2.05, 4.69) is 16.7 Å². The van der Waals surface area contributed by atoms with Crippen LogP contribution < -0.4 is 15.4 Å². The Balaban J connectivity index is 1.72. The first kappa shape index (κ1) is 14.8. The van der Waals surface area contributed by atoms with Crippen molar-refractivity contribution < 1.29 is 14.6 Å². The van der Waals surface area contributed by atoms with Crippen LogP contribution in [0.5, 0.6) is 5.75 Å². The van der Waals surface area contributed by atoms with Crippen LogP contribution in [0.1, 0.15) is 17.5 Å². The summed E-state index contributed by atoms with van der Waals surface area (Å²) in [6.07, 6.45) is -0.114. The number of rotatable bonds is 6. The predicted octanol–water partition coefficient (Wildman–Crippen LogP) is 0.521. The second kappa shape index (κ2) is 6.72. The third-order valence-corrected chi connectivity index (χ3v) is 3.38. The van der Waals surface area contributed by atoms with Crippen LogP contribution in [-0.4, -0.2) is 42.9 Å². The number of aryl methyl sites for hydroxylation is 2. The normalized spacial score (nSPS) is 19.8. The number of carbonyl (C=O) groups is 1. The Kier molecular flexibility index (Phi) is 4.98. The molecule has 20 heavy (non-hydrogen) atoms. The Bertz CT molecular complexity index is 476. The summed E-state index contributed by atoms with van der Waals surface area (Å²) in [6.45, 7) is 5.31. The lowest BCUT2D eigenvalue weighted by atomic mass is 10.1. The Morgan fingerprint density at radius 3 is 2.95 bits per heavy atom. The van der Waals surface area contributed by atoms with Crippen molar-refractivity contribution in [3.8, 4) is 5.75 Å². The SMILES string of the molecule is Cc1ccc(OCC(O)CNC2CNC(=O)C2)c(C)c1. The van der Waals surface area contributed by atoms with Crippen molar-refractivity contribution in [2.75, 3.05) is 19.7 Å². The highest BCUT2D eigenvalue weighted by Crippen LogP contribution is 2.18. The Morgan fingerprint density at radius 1 is 1.50 bits per heavy atom. The van der Waals surface area contributed by atoms with Gasteiger partial charge in [-0.25, -0.2) is 0 Å². The first-order valence-electron chi connectivity index (χ1n) is 6.93. The van der Waals surface area contributed by atoms with E-state index >= 15 is 0 Å². The molecule has 1 saturated heterocycles. The van der Waals surface area contributed by atoms with Crippen LogP contribution in [0, 0.1) is 13.8 Å². The number of ether oxygens (including phenoxy) is 1. The molecule has 0 saturated carbocycles. The van der Waals surface area contributed by atoms with Crippen molar-refractivity contribution in [3.63, 3.8) is 0 Å². The van der Waals surface area contributed by atoms with Gasteiger partial charge in [0.2, 0.25) is 5.91 Å². The van der Waals surface area contributed by atoms with Gasteiger partial charge in [0.05, 0.1) is 0 Å². The zero-order chi connectivity index (χ0) is 14.5. The third kappa shape index (κ3) is 4.21. The quantitative estimate of drug-likeness (QED) is 0.709. The summed E-state index contributed by atoms with van der Waals surface area (Å²) < 4.78 is 5.62. The number of nitrogens with one attached hydrogen (secondary N) is 2. The van der Waals surface area contributed by atoms with Gasteiger partial charge in [0.15, 0.2) is 0 Å². The van der Waals surface area contributed by atoms with Crippen LogP contribution >= 0.6 is 0 Å². The topological polar surface area (TPSA) is 70.6 Å². The van der Waals surface area contributed by atoms with Crippen LogP contribution in [0.2, 0.25) is 0 Å². The monoisotopic (exact) mass is 278 g/mol. The molecule has 1 aromatic carbocycles. The summed E-state index contributed by atoms with van der Waals surface area (Å²) in [5.74, 6) is 0.857. The fraction of sp³-hybridized carbons (Fsp3) is 0.533. The Labute approximate surface area is 119 Å². The third-order valence-electron chi connectivity index (χ3n) is 3.38. The molecule has 110 valence electrons. The van der Waals surface area contributed by atoms with E-state index in [1.165, 1.54) is 5.56 Å². The van der Waals surface area contributed by atoms with Gasteiger partial charge in [-0.2, -0.15) is 0 Å². The molecular weight excluding hydrogens is 256 g/mol. The molecule has 0 bridgehead atoms. The van der Waals surface area contributed by atoms with Crippen molar-refractivity contribution in [2.24, 2.45) is 0 Å². The lowest BCUT2D eigenvalue weighted by molar-refractivity contribution is -0.119. The zero-order valence-electron chi connectivity index (χ0n) is 12.0. The number of aliphatic hydroxyl groups excluding tert-OH is 1. The molecule has 2 atom stereocenters. The van der Waals surface area contributed by atoms with Crippen LogP contribution in [0.3, 0.4) is 0 Å². The molecule has 3 N–H and O–H groups in total. The van der Waals surface area contributed by atoms with E-state index < -0.39 is 6.10 Å². The van der Waals surface area contributed by atoms with Gasteiger partial charge in [0.25, 0.3) is 0 Å². The van der Waals surface area contributed by atoms with Crippen molar-refractivity contribution >= 4 is 5.91 Å². The summed E-state index contributed by atoms with van der Waals surface area (Å²) in [5, 5.41) is 15.8. The number of amides is 1. The number of hydrogen-bond acceptors (Lipinski definition) is 4. The fourth-order valence-corrected chi connectivity index (χ4v) is 2.26. The molecule has 5 heteroatoms. The van der Waals surface area contributed by atoms with Gasteiger partial charge < -0.3 is 20.5 Å². The molecule has 1 aliphatic heterocycles. The molecular formula is C15H22N2O3. The van der Waals surface area contributed by atoms with Crippen molar-refractivity contribution in [3.05, 3.63) is 29.3 Å². The minimum atomic E-state index is -0.591. The summed E-state index contributed by atoms with van der Waals surface area (Å²) >= 11 is 0. The summed E-state index contributed by atoms with van der Waals surface area (Å²) in [5.41, 5.74) is 2.26. The van der Waals surface area contributed by atoms with E-state index in [1.54, 1.807) is 0 Å².